The van der Waals surface area contributed by atoms with Crippen LogP contribution in [0.2, 0.25) is 10.0 Å². The Kier molecular flexibility index (Phi) is 3.59. The van der Waals surface area contributed by atoms with Gasteiger partial charge in [-0.1, -0.05) is 23.2 Å². The fraction of sp³-hybridized carbons (Fsp3) is 0. The molecule has 0 fully saturated rings. The summed E-state index contributed by atoms with van der Waals surface area (Å²) in [6, 6.07) is 6.27. The number of benzene rings is 2. The molecule has 0 aliphatic heterocycles. The van der Waals surface area contributed by atoms with Crippen LogP contribution in [0.4, 0.5) is 14.5 Å². The first-order chi connectivity index (χ1) is 8.47. The van der Waals surface area contributed by atoms with Gasteiger partial charge >= 0.3 is 0 Å². The minimum absolute atomic E-state index is 0.0328. The highest BCUT2D eigenvalue weighted by Crippen LogP contribution is 2.35. The topological polar surface area (TPSA) is 35.2 Å². The van der Waals surface area contributed by atoms with E-state index >= 15 is 0 Å². The maximum atomic E-state index is 13.5. The predicted molar refractivity (Wildman–Crippen MR) is 67.3 cm³/mol. The van der Waals surface area contributed by atoms with Crippen molar-refractivity contribution in [1.82, 2.24) is 0 Å². The summed E-state index contributed by atoms with van der Waals surface area (Å²) < 4.78 is 32.1. The van der Waals surface area contributed by atoms with Crippen molar-refractivity contribution < 1.29 is 13.5 Å². The molecular formula is C12H7Cl2F2NO. The molecule has 0 saturated carbocycles. The molecule has 0 saturated heterocycles. The second-order valence-corrected chi connectivity index (χ2v) is 4.33. The molecule has 0 bridgehead atoms. The standard InChI is InChI=1S/C12H7Cl2F2NO/c13-6-1-2-8(14)11(3-6)18-12-9(15)4-7(17)5-10(12)16/h1-5H,17H2. The van der Waals surface area contributed by atoms with Crippen LogP contribution in [0, 0.1) is 11.6 Å². The van der Waals surface area contributed by atoms with Crippen LogP contribution in [-0.4, -0.2) is 0 Å². The summed E-state index contributed by atoms with van der Waals surface area (Å²) >= 11 is 11.6. The highest BCUT2D eigenvalue weighted by atomic mass is 35.5. The van der Waals surface area contributed by atoms with Crippen LogP contribution in [0.1, 0.15) is 0 Å². The number of hydrogen-bond donors (Lipinski definition) is 1. The van der Waals surface area contributed by atoms with E-state index in [1.807, 2.05) is 0 Å². The van der Waals surface area contributed by atoms with E-state index in [4.69, 9.17) is 33.7 Å². The van der Waals surface area contributed by atoms with E-state index in [2.05, 4.69) is 0 Å². The van der Waals surface area contributed by atoms with Crippen LogP contribution < -0.4 is 10.5 Å². The third kappa shape index (κ3) is 2.66. The van der Waals surface area contributed by atoms with E-state index in [1.54, 1.807) is 0 Å². The molecule has 2 rings (SSSR count). The van der Waals surface area contributed by atoms with Crippen molar-refractivity contribution in [3.8, 4) is 11.5 Å². The maximum Gasteiger partial charge on any atom is 0.198 e. The quantitative estimate of drug-likeness (QED) is 0.817. The van der Waals surface area contributed by atoms with E-state index in [1.165, 1.54) is 18.2 Å². The summed E-state index contributed by atoms with van der Waals surface area (Å²) in [6.07, 6.45) is 0. The monoisotopic (exact) mass is 289 g/mol. The van der Waals surface area contributed by atoms with Crippen molar-refractivity contribution in [2.45, 2.75) is 0 Å². The van der Waals surface area contributed by atoms with Gasteiger partial charge in [-0.15, -0.1) is 0 Å². The average Bonchev–Trinajstić information content (AvgIpc) is 2.28. The molecule has 0 spiro atoms. The molecule has 0 heterocycles. The number of halogens is 4. The molecule has 0 aromatic heterocycles. The summed E-state index contributed by atoms with van der Waals surface area (Å²) in [5, 5.41) is 0.528. The number of nitrogen functional groups attached to an aromatic ring is 1. The molecule has 0 aliphatic rings. The van der Waals surface area contributed by atoms with Gasteiger partial charge < -0.3 is 10.5 Å². The van der Waals surface area contributed by atoms with E-state index < -0.39 is 17.4 Å². The van der Waals surface area contributed by atoms with Gasteiger partial charge in [0.25, 0.3) is 0 Å². The normalized spacial score (nSPS) is 10.4. The Morgan fingerprint density at radius 1 is 1.00 bits per heavy atom. The Labute approximate surface area is 112 Å². The van der Waals surface area contributed by atoms with Crippen LogP contribution in [0.25, 0.3) is 0 Å². The first-order valence-electron chi connectivity index (χ1n) is 4.85. The van der Waals surface area contributed by atoms with Crippen LogP contribution in [-0.2, 0) is 0 Å². The SMILES string of the molecule is Nc1cc(F)c(Oc2cc(Cl)ccc2Cl)c(F)c1. The first-order valence-corrected chi connectivity index (χ1v) is 5.60. The molecule has 18 heavy (non-hydrogen) atoms. The fourth-order valence-corrected chi connectivity index (χ4v) is 1.66. The van der Waals surface area contributed by atoms with Crippen molar-refractivity contribution in [1.29, 1.82) is 0 Å². The lowest BCUT2D eigenvalue weighted by Crippen LogP contribution is -1.96. The number of hydrogen-bond acceptors (Lipinski definition) is 2. The minimum Gasteiger partial charge on any atom is -0.450 e. The largest absolute Gasteiger partial charge is 0.450 e. The van der Waals surface area contributed by atoms with Crippen molar-refractivity contribution in [3.63, 3.8) is 0 Å². The molecule has 0 radical (unpaired) electrons. The lowest BCUT2D eigenvalue weighted by atomic mass is 10.2. The van der Waals surface area contributed by atoms with Gasteiger partial charge in [-0.2, -0.15) is 0 Å². The van der Waals surface area contributed by atoms with Gasteiger partial charge in [-0.3, -0.25) is 0 Å². The van der Waals surface area contributed by atoms with E-state index in [-0.39, 0.29) is 16.5 Å². The van der Waals surface area contributed by atoms with Crippen LogP contribution in [0.3, 0.4) is 0 Å². The molecule has 0 atom stereocenters. The minimum atomic E-state index is -0.913. The maximum absolute atomic E-state index is 13.5. The predicted octanol–water partition coefficient (Wildman–Crippen LogP) is 4.65. The summed E-state index contributed by atoms with van der Waals surface area (Å²) in [5.41, 5.74) is 5.26. The van der Waals surface area contributed by atoms with Gasteiger partial charge in [0.15, 0.2) is 17.4 Å². The Balaban J connectivity index is 2.43. The molecule has 0 unspecified atom stereocenters. The lowest BCUT2D eigenvalue weighted by molar-refractivity contribution is 0.408. The highest BCUT2D eigenvalue weighted by Gasteiger charge is 2.14. The molecule has 0 amide bonds. The Morgan fingerprint density at radius 3 is 2.22 bits per heavy atom. The number of nitrogens with two attached hydrogens (primary N) is 1. The molecule has 2 nitrogen and oxygen atoms in total. The zero-order valence-electron chi connectivity index (χ0n) is 8.88. The third-order valence-corrected chi connectivity index (χ3v) is 2.67. The highest BCUT2D eigenvalue weighted by molar-refractivity contribution is 6.34. The lowest BCUT2D eigenvalue weighted by Gasteiger charge is -2.10. The second kappa shape index (κ2) is 5.00. The first kappa shape index (κ1) is 12.9. The Hall–Kier alpha value is -1.52. The number of rotatable bonds is 2. The van der Waals surface area contributed by atoms with E-state index in [0.29, 0.717) is 5.02 Å². The molecule has 0 aliphatic carbocycles. The molecule has 6 heteroatoms. The second-order valence-electron chi connectivity index (χ2n) is 3.49. The van der Waals surface area contributed by atoms with Gasteiger partial charge in [-0.05, 0) is 12.1 Å². The molecular weight excluding hydrogens is 283 g/mol. The van der Waals surface area contributed by atoms with E-state index in [0.717, 1.165) is 12.1 Å². The summed E-state index contributed by atoms with van der Waals surface area (Å²) in [7, 11) is 0. The van der Waals surface area contributed by atoms with Gasteiger partial charge in [0, 0.05) is 28.9 Å². The smallest absolute Gasteiger partial charge is 0.198 e. The van der Waals surface area contributed by atoms with Gasteiger partial charge in [0.1, 0.15) is 5.75 Å². The van der Waals surface area contributed by atoms with Gasteiger partial charge in [0.2, 0.25) is 0 Å². The fourth-order valence-electron chi connectivity index (χ4n) is 1.34. The van der Waals surface area contributed by atoms with Gasteiger partial charge in [0.05, 0.1) is 5.02 Å². The van der Waals surface area contributed by atoms with Crippen LogP contribution in [0.5, 0.6) is 11.5 Å². The molecule has 2 aromatic carbocycles. The van der Waals surface area contributed by atoms with Crippen molar-refractivity contribution >= 4 is 28.9 Å². The van der Waals surface area contributed by atoms with Crippen LogP contribution >= 0.6 is 23.2 Å². The van der Waals surface area contributed by atoms with E-state index in [9.17, 15) is 8.78 Å². The molecule has 2 N–H and O–H groups in total. The summed E-state index contributed by atoms with van der Waals surface area (Å²) in [4.78, 5) is 0. The average molecular weight is 290 g/mol. The Morgan fingerprint density at radius 2 is 1.61 bits per heavy atom. The number of ether oxygens (including phenoxy) is 1. The number of anilines is 1. The van der Waals surface area contributed by atoms with Crippen molar-refractivity contribution in [3.05, 3.63) is 52.0 Å². The van der Waals surface area contributed by atoms with Crippen LogP contribution in [0.15, 0.2) is 30.3 Å². The third-order valence-electron chi connectivity index (χ3n) is 2.13. The van der Waals surface area contributed by atoms with Crippen molar-refractivity contribution in [2.24, 2.45) is 0 Å². The molecule has 94 valence electrons. The zero-order valence-corrected chi connectivity index (χ0v) is 10.4. The van der Waals surface area contributed by atoms with Gasteiger partial charge in [-0.25, -0.2) is 8.78 Å². The zero-order chi connectivity index (χ0) is 13.3. The molecule has 2 aromatic rings. The summed E-state index contributed by atoms with van der Waals surface area (Å²) in [6.45, 7) is 0. The summed E-state index contributed by atoms with van der Waals surface area (Å²) in [5.74, 6) is -2.34. The Bertz CT molecular complexity index is 582. The van der Waals surface area contributed by atoms with Crippen molar-refractivity contribution in [2.75, 3.05) is 5.73 Å².